The molecule has 2 aliphatic rings. The summed E-state index contributed by atoms with van der Waals surface area (Å²) in [4.78, 5) is 28.7. The molecule has 5 nitrogen and oxygen atoms in total. The molecule has 0 radical (unpaired) electrons. The fourth-order valence-corrected chi connectivity index (χ4v) is 2.07. The van der Waals surface area contributed by atoms with Crippen LogP contribution in [0.3, 0.4) is 0 Å². The minimum Gasteiger partial charge on any atom is -0.362 e. The summed E-state index contributed by atoms with van der Waals surface area (Å²) in [5.41, 5.74) is 0. The maximum atomic E-state index is 11.8. The molecule has 0 bridgehead atoms. The van der Waals surface area contributed by atoms with Crippen LogP contribution in [-0.2, 0) is 9.59 Å². The number of carbonyl (C=O) groups excluding carboxylic acids is 2. The van der Waals surface area contributed by atoms with E-state index in [1.54, 1.807) is 7.05 Å². The van der Waals surface area contributed by atoms with E-state index in [4.69, 9.17) is 0 Å². The van der Waals surface area contributed by atoms with Crippen LogP contribution in [0.5, 0.6) is 0 Å². The van der Waals surface area contributed by atoms with Gasteiger partial charge >= 0.3 is 0 Å². The highest BCUT2D eigenvalue weighted by molar-refractivity contribution is 6.01. The number of likely N-dealkylation sites (N-methyl/N-ethyl adjacent to an activating group) is 1. The maximum Gasteiger partial charge on any atom is 0.251 e. The third-order valence-corrected chi connectivity index (χ3v) is 3.11. The van der Waals surface area contributed by atoms with Crippen LogP contribution in [0.15, 0.2) is 4.99 Å². The van der Waals surface area contributed by atoms with Crippen LogP contribution in [0.1, 0.15) is 32.1 Å². The minimum absolute atomic E-state index is 0.0892. The fraction of sp³-hybridized carbons (Fsp3) is 0.727. The number of hydrogen-bond acceptors (Lipinski definition) is 4. The molecular formula is C11H17N3O2. The normalized spacial score (nSPS) is 26.7. The van der Waals surface area contributed by atoms with Crippen molar-refractivity contribution >= 4 is 17.6 Å². The summed E-state index contributed by atoms with van der Waals surface area (Å²) in [6.45, 7) is 0.845. The highest BCUT2D eigenvalue weighted by Gasteiger charge is 2.32. The Morgan fingerprint density at radius 1 is 1.31 bits per heavy atom. The average molecular weight is 223 g/mol. The third kappa shape index (κ3) is 2.23. The number of amidine groups is 1. The molecule has 2 rings (SSSR count). The molecule has 1 N–H and O–H groups in total. The standard InChI is InChI=1S/C11H17N3O2/c1-14-10(15)6-5-8(11(14)16)13-9-4-2-3-7-12-9/h8H,2-7H2,1H3,(H,12,13). The topological polar surface area (TPSA) is 61.8 Å². The van der Waals surface area contributed by atoms with E-state index in [9.17, 15) is 9.59 Å². The molecule has 1 unspecified atom stereocenters. The van der Waals surface area contributed by atoms with Gasteiger partial charge in [-0.3, -0.25) is 19.5 Å². The Kier molecular flexibility index (Phi) is 3.22. The molecule has 0 saturated carbocycles. The van der Waals surface area contributed by atoms with Crippen LogP contribution in [0.25, 0.3) is 0 Å². The van der Waals surface area contributed by atoms with E-state index < -0.39 is 0 Å². The molecule has 0 aromatic heterocycles. The van der Waals surface area contributed by atoms with Crippen molar-refractivity contribution in [3.63, 3.8) is 0 Å². The molecule has 0 spiro atoms. The number of imide groups is 1. The quantitative estimate of drug-likeness (QED) is 0.651. The Morgan fingerprint density at radius 3 is 2.81 bits per heavy atom. The Balaban J connectivity index is 1.97. The first-order valence-electron chi connectivity index (χ1n) is 5.79. The number of nitrogens with zero attached hydrogens (tertiary/aromatic N) is 2. The largest absolute Gasteiger partial charge is 0.362 e. The van der Waals surface area contributed by atoms with Gasteiger partial charge in [0.2, 0.25) is 5.91 Å². The number of nitrogens with one attached hydrogen (secondary N) is 1. The number of carbonyl (C=O) groups is 2. The van der Waals surface area contributed by atoms with Gasteiger partial charge in [-0.2, -0.15) is 0 Å². The second kappa shape index (κ2) is 4.63. The van der Waals surface area contributed by atoms with E-state index in [-0.39, 0.29) is 17.9 Å². The van der Waals surface area contributed by atoms with Crippen molar-refractivity contribution in [1.82, 2.24) is 10.2 Å². The highest BCUT2D eigenvalue weighted by atomic mass is 16.2. The summed E-state index contributed by atoms with van der Waals surface area (Å²) in [6, 6.07) is -0.264. The van der Waals surface area contributed by atoms with Gasteiger partial charge in [0.1, 0.15) is 6.04 Å². The first-order chi connectivity index (χ1) is 7.68. The van der Waals surface area contributed by atoms with Gasteiger partial charge in [-0.05, 0) is 19.3 Å². The predicted molar refractivity (Wildman–Crippen MR) is 60.1 cm³/mol. The summed E-state index contributed by atoms with van der Waals surface area (Å²) in [5.74, 6) is 0.700. The van der Waals surface area contributed by atoms with Crippen LogP contribution in [-0.4, -0.2) is 42.2 Å². The molecule has 1 saturated heterocycles. The molecular weight excluding hydrogens is 206 g/mol. The van der Waals surface area contributed by atoms with Gasteiger partial charge in [0.15, 0.2) is 0 Å². The number of hydrogen-bond donors (Lipinski definition) is 1. The van der Waals surface area contributed by atoms with Crippen molar-refractivity contribution in [1.29, 1.82) is 0 Å². The highest BCUT2D eigenvalue weighted by Crippen LogP contribution is 2.13. The Hall–Kier alpha value is -1.39. The third-order valence-electron chi connectivity index (χ3n) is 3.11. The summed E-state index contributed by atoms with van der Waals surface area (Å²) in [6.07, 6.45) is 4.19. The van der Waals surface area contributed by atoms with Gasteiger partial charge in [-0.15, -0.1) is 0 Å². The molecule has 2 aliphatic heterocycles. The van der Waals surface area contributed by atoms with Crippen molar-refractivity contribution in [2.45, 2.75) is 38.1 Å². The lowest BCUT2D eigenvalue weighted by Gasteiger charge is -2.29. The average Bonchev–Trinajstić information content (AvgIpc) is 2.31. The number of amides is 2. The Bertz CT molecular complexity index is 338. The first kappa shape index (κ1) is 11.1. The smallest absolute Gasteiger partial charge is 0.251 e. The monoisotopic (exact) mass is 223 g/mol. The van der Waals surface area contributed by atoms with Gasteiger partial charge in [-0.25, -0.2) is 0 Å². The molecule has 2 amide bonds. The number of piperidine rings is 1. The maximum absolute atomic E-state index is 11.8. The molecule has 0 aliphatic carbocycles. The summed E-state index contributed by atoms with van der Waals surface area (Å²) >= 11 is 0. The lowest BCUT2D eigenvalue weighted by molar-refractivity contribution is -0.147. The van der Waals surface area contributed by atoms with Gasteiger partial charge in [0.25, 0.3) is 5.91 Å². The lowest BCUT2D eigenvalue weighted by Crippen LogP contribution is -2.53. The van der Waals surface area contributed by atoms with Crippen LogP contribution in [0, 0.1) is 0 Å². The van der Waals surface area contributed by atoms with Crippen LogP contribution >= 0.6 is 0 Å². The SMILES string of the molecule is CN1C(=O)CCC(NC2=NCCCC2)C1=O. The molecule has 0 aromatic rings. The van der Waals surface area contributed by atoms with Crippen molar-refractivity contribution in [3.8, 4) is 0 Å². The van der Waals surface area contributed by atoms with Crippen LogP contribution < -0.4 is 5.32 Å². The molecule has 88 valence electrons. The van der Waals surface area contributed by atoms with Crippen molar-refractivity contribution < 1.29 is 9.59 Å². The van der Waals surface area contributed by atoms with Gasteiger partial charge < -0.3 is 5.32 Å². The van der Waals surface area contributed by atoms with Crippen molar-refractivity contribution in [2.24, 2.45) is 4.99 Å². The molecule has 16 heavy (non-hydrogen) atoms. The van der Waals surface area contributed by atoms with Gasteiger partial charge in [-0.1, -0.05) is 0 Å². The number of likely N-dealkylation sites (tertiary alicyclic amines) is 1. The predicted octanol–water partition coefficient (Wildman–Crippen LogP) is 0.306. The molecule has 1 fully saturated rings. The zero-order valence-corrected chi connectivity index (χ0v) is 9.53. The van der Waals surface area contributed by atoms with Crippen molar-refractivity contribution in [2.75, 3.05) is 13.6 Å². The zero-order chi connectivity index (χ0) is 11.5. The Labute approximate surface area is 94.9 Å². The van der Waals surface area contributed by atoms with E-state index in [1.807, 2.05) is 0 Å². The van der Waals surface area contributed by atoms with Gasteiger partial charge in [0, 0.05) is 26.4 Å². The summed E-state index contributed by atoms with van der Waals surface area (Å²) in [5, 5.41) is 3.17. The molecule has 1 atom stereocenters. The van der Waals surface area contributed by atoms with E-state index in [2.05, 4.69) is 10.3 Å². The van der Waals surface area contributed by atoms with E-state index >= 15 is 0 Å². The van der Waals surface area contributed by atoms with Crippen LogP contribution in [0.2, 0.25) is 0 Å². The van der Waals surface area contributed by atoms with Crippen LogP contribution in [0.4, 0.5) is 0 Å². The van der Waals surface area contributed by atoms with Gasteiger partial charge in [0.05, 0.1) is 5.84 Å². The lowest BCUT2D eigenvalue weighted by atomic mass is 10.0. The number of rotatable bonds is 1. The second-order valence-electron chi connectivity index (χ2n) is 4.31. The summed E-state index contributed by atoms with van der Waals surface area (Å²) in [7, 11) is 1.54. The summed E-state index contributed by atoms with van der Waals surface area (Å²) < 4.78 is 0. The van der Waals surface area contributed by atoms with Crippen molar-refractivity contribution in [3.05, 3.63) is 0 Å². The first-order valence-corrected chi connectivity index (χ1v) is 5.79. The van der Waals surface area contributed by atoms with E-state index in [0.29, 0.717) is 12.8 Å². The number of aliphatic imine (C=N–C) groups is 1. The second-order valence-corrected chi connectivity index (χ2v) is 4.31. The fourth-order valence-electron chi connectivity index (χ4n) is 2.07. The zero-order valence-electron chi connectivity index (χ0n) is 9.53. The molecule has 5 heteroatoms. The Morgan fingerprint density at radius 2 is 2.12 bits per heavy atom. The molecule has 2 heterocycles. The minimum atomic E-state index is -0.264. The van der Waals surface area contributed by atoms with E-state index in [0.717, 1.165) is 31.6 Å². The van der Waals surface area contributed by atoms with E-state index in [1.165, 1.54) is 4.90 Å². The molecule has 0 aromatic carbocycles.